The molecule has 10 nitrogen and oxygen atoms in total. The fourth-order valence-electron chi connectivity index (χ4n) is 5.06. The minimum atomic E-state index is -0.487. The summed E-state index contributed by atoms with van der Waals surface area (Å²) in [5, 5.41) is 5.40. The third kappa shape index (κ3) is 5.72. The van der Waals surface area contributed by atoms with Crippen LogP contribution in [0.5, 0.6) is 6.01 Å². The number of ether oxygens (including phenoxy) is 2. The average molecular weight is 537 g/mol. The van der Waals surface area contributed by atoms with E-state index < -0.39 is 5.97 Å². The third-order valence-corrected chi connectivity index (χ3v) is 7.99. The number of anilines is 3. The Hall–Kier alpha value is -3.73. The van der Waals surface area contributed by atoms with Crippen LogP contribution in [-0.4, -0.2) is 65.7 Å². The topological polar surface area (TPSA) is 110 Å². The molecule has 0 radical (unpaired) electrons. The number of benzene rings is 1. The molecule has 2 fully saturated rings. The van der Waals surface area contributed by atoms with Crippen molar-refractivity contribution in [2.75, 3.05) is 41.9 Å². The zero-order valence-electron chi connectivity index (χ0n) is 21.6. The molecule has 5 rings (SSSR count). The van der Waals surface area contributed by atoms with Crippen LogP contribution in [0.15, 0.2) is 42.0 Å². The highest BCUT2D eigenvalue weighted by atomic mass is 32.1. The predicted molar refractivity (Wildman–Crippen MR) is 146 cm³/mol. The Morgan fingerprint density at radius 1 is 1.13 bits per heavy atom. The number of nitrogens with zero attached hydrogens (tertiary/aromatic N) is 5. The number of nitrogens with one attached hydrogen (secondary N) is 1. The molecule has 0 bridgehead atoms. The summed E-state index contributed by atoms with van der Waals surface area (Å²) in [6, 6.07) is 8.15. The van der Waals surface area contributed by atoms with Crippen LogP contribution in [0, 0.1) is 0 Å². The zero-order valence-corrected chi connectivity index (χ0v) is 22.4. The SMILES string of the molecule is CC[C@H]1CCCN1c1ccc(NC(=O)c2csc(N3CCC(Oc4ncccn4)CC3)n2)c(C(=O)OC)c1. The summed E-state index contributed by atoms with van der Waals surface area (Å²) in [6.07, 6.45) is 8.31. The van der Waals surface area contributed by atoms with E-state index in [0.717, 1.165) is 62.6 Å². The normalized spacial score (nSPS) is 17.9. The van der Waals surface area contributed by atoms with Crippen molar-refractivity contribution < 1.29 is 19.1 Å². The molecule has 2 aromatic heterocycles. The fraction of sp³-hybridized carbons (Fsp3) is 0.444. The molecule has 0 saturated carbocycles. The van der Waals surface area contributed by atoms with Gasteiger partial charge in [-0.05, 0) is 43.5 Å². The molecule has 4 heterocycles. The van der Waals surface area contributed by atoms with E-state index in [4.69, 9.17) is 9.47 Å². The Bertz CT molecular complexity index is 1260. The van der Waals surface area contributed by atoms with Crippen LogP contribution in [-0.2, 0) is 4.74 Å². The number of hydrogen-bond acceptors (Lipinski definition) is 10. The first-order valence-corrected chi connectivity index (χ1v) is 13.9. The molecule has 1 amide bonds. The van der Waals surface area contributed by atoms with Gasteiger partial charge in [0.25, 0.3) is 5.91 Å². The van der Waals surface area contributed by atoms with Gasteiger partial charge in [0, 0.05) is 62.0 Å². The highest BCUT2D eigenvalue weighted by Crippen LogP contribution is 2.31. The second-order valence-corrected chi connectivity index (χ2v) is 10.3. The largest absolute Gasteiger partial charge is 0.465 e. The molecule has 11 heteroatoms. The maximum atomic E-state index is 13.1. The van der Waals surface area contributed by atoms with E-state index in [-0.39, 0.29) is 12.0 Å². The minimum Gasteiger partial charge on any atom is -0.465 e. The molecule has 3 aromatic rings. The van der Waals surface area contributed by atoms with E-state index in [2.05, 4.69) is 37.0 Å². The molecule has 0 spiro atoms. The molecule has 0 unspecified atom stereocenters. The zero-order chi connectivity index (χ0) is 26.5. The van der Waals surface area contributed by atoms with Gasteiger partial charge in [0.05, 0.1) is 18.4 Å². The number of thiazole rings is 1. The highest BCUT2D eigenvalue weighted by Gasteiger charge is 2.27. The number of aromatic nitrogens is 3. The Labute approximate surface area is 226 Å². The Balaban J connectivity index is 1.23. The number of esters is 1. The second kappa shape index (κ2) is 11.8. The van der Waals surface area contributed by atoms with Crippen molar-refractivity contribution in [2.45, 2.75) is 51.2 Å². The fourth-order valence-corrected chi connectivity index (χ4v) is 5.92. The van der Waals surface area contributed by atoms with E-state index in [1.165, 1.54) is 18.4 Å². The van der Waals surface area contributed by atoms with E-state index in [1.54, 1.807) is 29.9 Å². The van der Waals surface area contributed by atoms with Gasteiger partial charge >= 0.3 is 12.0 Å². The summed E-state index contributed by atoms with van der Waals surface area (Å²) in [4.78, 5) is 43.0. The number of methoxy groups -OCH3 is 1. The van der Waals surface area contributed by atoms with Gasteiger partial charge < -0.3 is 24.6 Å². The van der Waals surface area contributed by atoms with Crippen LogP contribution in [0.4, 0.5) is 16.5 Å². The monoisotopic (exact) mass is 536 g/mol. The van der Waals surface area contributed by atoms with Crippen molar-refractivity contribution in [3.63, 3.8) is 0 Å². The number of hydrogen-bond donors (Lipinski definition) is 1. The molecular weight excluding hydrogens is 504 g/mol. The van der Waals surface area contributed by atoms with Crippen molar-refractivity contribution in [2.24, 2.45) is 0 Å². The summed E-state index contributed by atoms with van der Waals surface area (Å²) in [5.41, 5.74) is 2.02. The van der Waals surface area contributed by atoms with Gasteiger partial charge in [0.15, 0.2) is 5.13 Å². The Kier molecular flexibility index (Phi) is 8.02. The molecule has 200 valence electrons. The van der Waals surface area contributed by atoms with E-state index in [0.29, 0.717) is 29.0 Å². The van der Waals surface area contributed by atoms with Crippen molar-refractivity contribution in [1.29, 1.82) is 0 Å². The molecule has 1 N–H and O–H groups in total. The summed E-state index contributed by atoms with van der Waals surface area (Å²) >= 11 is 1.43. The Morgan fingerprint density at radius 3 is 2.66 bits per heavy atom. The molecule has 1 aromatic carbocycles. The lowest BCUT2D eigenvalue weighted by molar-refractivity contribution is 0.0602. The lowest BCUT2D eigenvalue weighted by Crippen LogP contribution is -2.38. The quantitative estimate of drug-likeness (QED) is 0.419. The molecule has 1 atom stereocenters. The van der Waals surface area contributed by atoms with Gasteiger partial charge in [0.2, 0.25) is 0 Å². The van der Waals surface area contributed by atoms with Crippen LogP contribution in [0.1, 0.15) is 59.9 Å². The maximum absolute atomic E-state index is 13.1. The lowest BCUT2D eigenvalue weighted by atomic mass is 10.1. The van der Waals surface area contributed by atoms with Gasteiger partial charge in [-0.3, -0.25) is 4.79 Å². The highest BCUT2D eigenvalue weighted by molar-refractivity contribution is 7.14. The molecule has 2 aliphatic heterocycles. The number of amides is 1. The minimum absolute atomic E-state index is 0.0456. The van der Waals surface area contributed by atoms with Crippen LogP contribution >= 0.6 is 11.3 Å². The standard InChI is InChI=1S/C27H32N6O4S/c1-3-18-6-4-13-33(18)19-7-8-22(21(16-19)25(35)36-2)30-24(34)23-17-38-27(31-23)32-14-9-20(10-15-32)37-26-28-11-5-12-29-26/h5,7-8,11-12,16-18,20H,3-4,6,9-10,13-15H2,1-2H3,(H,30,34)/t18-/m0/s1. The number of piperidine rings is 1. The summed E-state index contributed by atoms with van der Waals surface area (Å²) in [6.45, 7) is 4.65. The lowest BCUT2D eigenvalue weighted by Gasteiger charge is -2.31. The molecule has 38 heavy (non-hydrogen) atoms. The van der Waals surface area contributed by atoms with Crippen LogP contribution < -0.4 is 19.9 Å². The van der Waals surface area contributed by atoms with Gasteiger partial charge in [0.1, 0.15) is 11.8 Å². The number of rotatable bonds is 8. The van der Waals surface area contributed by atoms with Crippen LogP contribution in [0.3, 0.4) is 0 Å². The van der Waals surface area contributed by atoms with Gasteiger partial charge in [-0.25, -0.2) is 19.7 Å². The number of carbonyl (C=O) groups excluding carboxylic acids is 2. The van der Waals surface area contributed by atoms with E-state index >= 15 is 0 Å². The van der Waals surface area contributed by atoms with Crippen molar-refractivity contribution in [3.05, 3.63) is 53.3 Å². The van der Waals surface area contributed by atoms with Crippen LogP contribution in [0.25, 0.3) is 0 Å². The first kappa shape index (κ1) is 25.9. The van der Waals surface area contributed by atoms with Crippen molar-refractivity contribution in [1.82, 2.24) is 15.0 Å². The Morgan fingerprint density at radius 2 is 1.92 bits per heavy atom. The van der Waals surface area contributed by atoms with Gasteiger partial charge in [-0.15, -0.1) is 11.3 Å². The van der Waals surface area contributed by atoms with Gasteiger partial charge in [-0.1, -0.05) is 6.92 Å². The van der Waals surface area contributed by atoms with Crippen molar-refractivity contribution in [3.8, 4) is 6.01 Å². The molecule has 0 aliphatic carbocycles. The summed E-state index contributed by atoms with van der Waals surface area (Å²) < 4.78 is 10.9. The summed E-state index contributed by atoms with van der Waals surface area (Å²) in [5.74, 6) is -0.850. The van der Waals surface area contributed by atoms with Crippen LogP contribution in [0.2, 0.25) is 0 Å². The molecular formula is C27H32N6O4S. The maximum Gasteiger partial charge on any atom is 0.340 e. The average Bonchev–Trinajstić information content (AvgIpc) is 3.64. The molecule has 2 saturated heterocycles. The predicted octanol–water partition coefficient (Wildman–Crippen LogP) is 4.40. The molecule has 2 aliphatic rings. The van der Waals surface area contributed by atoms with Crippen molar-refractivity contribution >= 4 is 39.7 Å². The van der Waals surface area contributed by atoms with E-state index in [1.807, 2.05) is 12.1 Å². The smallest absolute Gasteiger partial charge is 0.340 e. The second-order valence-electron chi connectivity index (χ2n) is 9.42. The van der Waals surface area contributed by atoms with Gasteiger partial charge in [-0.2, -0.15) is 0 Å². The van der Waals surface area contributed by atoms with E-state index in [9.17, 15) is 9.59 Å². The summed E-state index contributed by atoms with van der Waals surface area (Å²) in [7, 11) is 1.35. The third-order valence-electron chi connectivity index (χ3n) is 7.09. The first-order valence-electron chi connectivity index (χ1n) is 13.0. The number of carbonyl (C=O) groups is 2. The first-order chi connectivity index (χ1) is 18.6.